The summed E-state index contributed by atoms with van der Waals surface area (Å²) in [5, 5.41) is 8.48. The number of hydrogen-bond acceptors (Lipinski definition) is 5. The quantitative estimate of drug-likeness (QED) is 0.308. The number of fused-ring (bicyclic) bond motifs is 1. The van der Waals surface area contributed by atoms with Crippen molar-refractivity contribution >= 4 is 35.1 Å². The van der Waals surface area contributed by atoms with Crippen molar-refractivity contribution in [1.29, 1.82) is 0 Å². The summed E-state index contributed by atoms with van der Waals surface area (Å²) in [5.41, 5.74) is 1.71. The highest BCUT2D eigenvalue weighted by atomic mass is 35.5. The molecule has 7 nitrogen and oxygen atoms in total. The molecule has 4 rings (SSSR count). The van der Waals surface area contributed by atoms with Crippen LogP contribution in [-0.2, 0) is 30.4 Å². The topological polar surface area (TPSA) is 76.5 Å². The van der Waals surface area contributed by atoms with Crippen LogP contribution in [0.4, 0.5) is 13.2 Å². The van der Waals surface area contributed by atoms with Crippen LogP contribution >= 0.6 is 23.2 Å². The highest BCUT2D eigenvalue weighted by molar-refractivity contribution is 6.42. The monoisotopic (exact) mass is 596 g/mol. The first-order chi connectivity index (χ1) is 18.9. The van der Waals surface area contributed by atoms with Crippen molar-refractivity contribution in [2.45, 2.75) is 58.5 Å². The number of alkyl halides is 3. The van der Waals surface area contributed by atoms with Gasteiger partial charge in [0.05, 0.1) is 41.0 Å². The molecule has 0 radical (unpaired) electrons. The molecule has 40 heavy (non-hydrogen) atoms. The van der Waals surface area contributed by atoms with E-state index in [1.807, 2.05) is 6.92 Å². The summed E-state index contributed by atoms with van der Waals surface area (Å²) < 4.78 is 46.2. The van der Waals surface area contributed by atoms with Crippen LogP contribution in [0.3, 0.4) is 0 Å². The van der Waals surface area contributed by atoms with Gasteiger partial charge in [0.25, 0.3) is 5.91 Å². The largest absolute Gasteiger partial charge is 0.461 e. The summed E-state index contributed by atoms with van der Waals surface area (Å²) in [6.07, 6.45) is -4.00. The van der Waals surface area contributed by atoms with Crippen LogP contribution < -0.4 is 5.32 Å². The molecule has 2 atom stereocenters. The van der Waals surface area contributed by atoms with Crippen molar-refractivity contribution in [3.05, 3.63) is 86.2 Å². The fourth-order valence-electron chi connectivity index (χ4n) is 4.74. The first-order valence-electron chi connectivity index (χ1n) is 12.8. The van der Waals surface area contributed by atoms with E-state index < -0.39 is 17.7 Å². The lowest BCUT2D eigenvalue weighted by atomic mass is 9.98. The summed E-state index contributed by atoms with van der Waals surface area (Å²) in [6, 6.07) is 9.26. The molecule has 0 aliphatic carbocycles. The molecule has 1 N–H and O–H groups in total. The van der Waals surface area contributed by atoms with E-state index in [4.69, 9.17) is 27.9 Å². The van der Waals surface area contributed by atoms with Gasteiger partial charge in [-0.05, 0) is 56.7 Å². The maximum Gasteiger partial charge on any atom is 0.416 e. The minimum atomic E-state index is -4.43. The third-order valence-corrected chi connectivity index (χ3v) is 7.61. The van der Waals surface area contributed by atoms with Gasteiger partial charge < -0.3 is 15.0 Å². The predicted molar refractivity (Wildman–Crippen MR) is 146 cm³/mol. The average molecular weight is 597 g/mol. The number of hydrogen-bond donors (Lipinski definition) is 1. The van der Waals surface area contributed by atoms with Crippen LogP contribution in [0.25, 0.3) is 0 Å². The van der Waals surface area contributed by atoms with Crippen molar-refractivity contribution in [3.8, 4) is 0 Å². The van der Waals surface area contributed by atoms with Crippen LogP contribution in [0.2, 0.25) is 10.0 Å². The van der Waals surface area contributed by atoms with E-state index in [1.54, 1.807) is 41.6 Å². The second kappa shape index (κ2) is 12.2. The second-order valence-electron chi connectivity index (χ2n) is 9.63. The Balaban J connectivity index is 1.54. The Morgan fingerprint density at radius 2 is 1.93 bits per heavy atom. The van der Waals surface area contributed by atoms with Crippen LogP contribution in [0, 0.1) is 0 Å². The number of amides is 1. The van der Waals surface area contributed by atoms with Gasteiger partial charge in [-0.3, -0.25) is 9.48 Å². The molecular weight excluding hydrogens is 568 g/mol. The number of ether oxygens (including phenoxy) is 1. The number of nitrogens with zero attached hydrogens (tertiary/aromatic N) is 3. The molecule has 12 heteroatoms. The summed E-state index contributed by atoms with van der Waals surface area (Å²) in [6.45, 7) is 6.27. The fourth-order valence-corrected chi connectivity index (χ4v) is 5.04. The fraction of sp³-hybridized carbons (Fsp3) is 0.393. The Bertz CT molecular complexity index is 1410. The second-order valence-corrected chi connectivity index (χ2v) is 10.4. The maximum atomic E-state index is 13.4. The van der Waals surface area contributed by atoms with Gasteiger partial charge in [0.15, 0.2) is 5.69 Å². The van der Waals surface area contributed by atoms with Crippen LogP contribution in [0.5, 0.6) is 0 Å². The molecule has 2 aromatic carbocycles. The van der Waals surface area contributed by atoms with Gasteiger partial charge in [0.2, 0.25) is 0 Å². The molecular formula is C28H29Cl2F3N4O3. The average Bonchev–Trinajstić information content (AvgIpc) is 3.25. The van der Waals surface area contributed by atoms with E-state index in [0.717, 1.165) is 12.1 Å². The molecule has 214 valence electrons. The summed E-state index contributed by atoms with van der Waals surface area (Å²) in [7, 11) is 0. The molecule has 0 fully saturated rings. The van der Waals surface area contributed by atoms with Crippen LogP contribution in [0.1, 0.15) is 70.0 Å². The standard InChI is InChI=1S/C28H29Cl2F3N4O3/c1-4-40-27(39)25-21-15-36(26(38)19-8-9-22(29)23(30)14-19)16(2)12-24(21)35-37(25)11-10-34-17(3)18-6-5-7-20(13-18)28(31,32)33/h5-9,13-14,16-17,34H,4,10-12,15H2,1-3H3/t16-,17?/m1/s1. The Kier molecular flexibility index (Phi) is 9.12. The lowest BCUT2D eigenvalue weighted by Crippen LogP contribution is -2.42. The summed E-state index contributed by atoms with van der Waals surface area (Å²) in [5.74, 6) is -0.811. The van der Waals surface area contributed by atoms with Crippen molar-refractivity contribution in [2.75, 3.05) is 13.2 Å². The molecule has 1 unspecified atom stereocenters. The number of nitrogens with one attached hydrogen (secondary N) is 1. The summed E-state index contributed by atoms with van der Waals surface area (Å²) >= 11 is 12.1. The molecule has 0 saturated carbocycles. The van der Waals surface area contributed by atoms with Gasteiger partial charge in [-0.2, -0.15) is 18.3 Å². The van der Waals surface area contributed by atoms with E-state index in [1.165, 1.54) is 12.1 Å². The van der Waals surface area contributed by atoms with Gasteiger partial charge in [0.1, 0.15) is 0 Å². The molecule has 3 aromatic rings. The SMILES string of the molecule is CCOC(=O)c1c2c(nn1CCNC(C)c1cccc(C(F)(F)F)c1)C[C@@H](C)N(C(=O)c1ccc(Cl)c(Cl)c1)C2. The predicted octanol–water partition coefficient (Wildman–Crippen LogP) is 6.32. The van der Waals surface area contributed by atoms with Gasteiger partial charge in [0, 0.05) is 36.2 Å². The van der Waals surface area contributed by atoms with E-state index in [9.17, 15) is 22.8 Å². The van der Waals surface area contributed by atoms with Crippen LogP contribution in [0.15, 0.2) is 42.5 Å². The first kappa shape index (κ1) is 29.9. The molecule has 0 spiro atoms. The van der Waals surface area contributed by atoms with E-state index >= 15 is 0 Å². The molecule has 1 aliphatic rings. The number of aromatic nitrogens is 2. The molecule has 2 heterocycles. The number of rotatable bonds is 8. The zero-order valence-electron chi connectivity index (χ0n) is 22.2. The molecule has 0 bridgehead atoms. The number of esters is 1. The number of benzene rings is 2. The van der Waals surface area contributed by atoms with Crippen molar-refractivity contribution < 1.29 is 27.5 Å². The lowest BCUT2D eigenvalue weighted by Gasteiger charge is -2.33. The summed E-state index contributed by atoms with van der Waals surface area (Å²) in [4.78, 5) is 28.0. The Labute approximate surface area is 240 Å². The molecule has 0 saturated heterocycles. The number of carbonyl (C=O) groups is 2. The highest BCUT2D eigenvalue weighted by Crippen LogP contribution is 2.31. The van der Waals surface area contributed by atoms with Crippen LogP contribution in [-0.4, -0.2) is 45.8 Å². The van der Waals surface area contributed by atoms with Crippen molar-refractivity contribution in [3.63, 3.8) is 0 Å². The number of halogens is 5. The third-order valence-electron chi connectivity index (χ3n) is 6.87. The molecule has 1 amide bonds. The molecule has 1 aliphatic heterocycles. The van der Waals surface area contributed by atoms with Gasteiger partial charge in [-0.25, -0.2) is 4.79 Å². The number of carbonyl (C=O) groups excluding carboxylic acids is 2. The van der Waals surface area contributed by atoms with Crippen molar-refractivity contribution in [1.82, 2.24) is 20.0 Å². The first-order valence-corrected chi connectivity index (χ1v) is 13.6. The lowest BCUT2D eigenvalue weighted by molar-refractivity contribution is -0.137. The minimum Gasteiger partial charge on any atom is -0.461 e. The zero-order valence-corrected chi connectivity index (χ0v) is 23.7. The minimum absolute atomic E-state index is 0.151. The van der Waals surface area contributed by atoms with E-state index in [-0.39, 0.29) is 48.4 Å². The molecule has 1 aromatic heterocycles. The third kappa shape index (κ3) is 6.45. The normalized spacial score (nSPS) is 16.0. The Morgan fingerprint density at radius 3 is 2.60 bits per heavy atom. The van der Waals surface area contributed by atoms with Gasteiger partial charge in [-0.15, -0.1) is 0 Å². The van der Waals surface area contributed by atoms with Gasteiger partial charge >= 0.3 is 12.1 Å². The van der Waals surface area contributed by atoms with E-state index in [2.05, 4.69) is 10.4 Å². The van der Waals surface area contributed by atoms with Crippen molar-refractivity contribution in [2.24, 2.45) is 0 Å². The highest BCUT2D eigenvalue weighted by Gasteiger charge is 2.35. The zero-order chi connectivity index (χ0) is 29.2. The smallest absolute Gasteiger partial charge is 0.416 e. The maximum absolute atomic E-state index is 13.4. The Morgan fingerprint density at radius 1 is 1.18 bits per heavy atom. The van der Waals surface area contributed by atoms with E-state index in [0.29, 0.717) is 40.4 Å². The Hall–Kier alpha value is -3.08. The van der Waals surface area contributed by atoms with Gasteiger partial charge in [-0.1, -0.05) is 35.3 Å².